The fourth-order valence-electron chi connectivity index (χ4n) is 3.29. The van der Waals surface area contributed by atoms with Gasteiger partial charge in [-0.2, -0.15) is 0 Å². The highest BCUT2D eigenvalue weighted by molar-refractivity contribution is 7.18. The van der Waals surface area contributed by atoms with Gasteiger partial charge in [0.05, 0.1) is 10.6 Å². The fourth-order valence-corrected chi connectivity index (χ4v) is 4.19. The molecule has 2 aromatic carbocycles. The maximum atomic E-state index is 13.9. The highest BCUT2D eigenvalue weighted by atomic mass is 32.1. The molecule has 2 heterocycles. The SMILES string of the molecule is CCC(C(=O)OCc1nc2c(F)c(F)c(F)c(F)c2s1)c1cc2ccccc2[nH]c1=O. The van der Waals surface area contributed by atoms with Crippen LogP contribution in [0, 0.1) is 23.3 Å². The molecule has 0 bridgehead atoms. The number of nitrogens with zero attached hydrogens (tertiary/aromatic N) is 1. The van der Waals surface area contributed by atoms with Gasteiger partial charge in [0.1, 0.15) is 17.1 Å². The van der Waals surface area contributed by atoms with Gasteiger partial charge in [-0.25, -0.2) is 22.5 Å². The number of pyridine rings is 1. The van der Waals surface area contributed by atoms with Crippen LogP contribution < -0.4 is 5.56 Å². The van der Waals surface area contributed by atoms with Crippen molar-refractivity contribution in [3.63, 3.8) is 0 Å². The summed E-state index contributed by atoms with van der Waals surface area (Å²) in [5.41, 5.74) is -0.266. The van der Waals surface area contributed by atoms with Crippen LogP contribution in [0.25, 0.3) is 21.1 Å². The molecule has 0 fully saturated rings. The van der Waals surface area contributed by atoms with E-state index in [1.165, 1.54) is 0 Å². The number of fused-ring (bicyclic) bond motifs is 2. The van der Waals surface area contributed by atoms with Gasteiger partial charge < -0.3 is 9.72 Å². The molecule has 2 aromatic heterocycles. The Hall–Kier alpha value is -3.27. The summed E-state index contributed by atoms with van der Waals surface area (Å²) in [6.45, 7) is 1.23. The van der Waals surface area contributed by atoms with E-state index in [2.05, 4.69) is 9.97 Å². The molecule has 31 heavy (non-hydrogen) atoms. The first-order valence-electron chi connectivity index (χ1n) is 9.21. The molecule has 0 saturated heterocycles. The number of halogens is 4. The van der Waals surface area contributed by atoms with Crippen molar-refractivity contribution >= 4 is 38.4 Å². The molecule has 10 heteroatoms. The number of carbonyl (C=O) groups excluding carboxylic acids is 1. The second kappa shape index (κ2) is 8.10. The number of hydrogen-bond acceptors (Lipinski definition) is 5. The van der Waals surface area contributed by atoms with Gasteiger partial charge in [-0.3, -0.25) is 9.59 Å². The second-order valence-corrected chi connectivity index (χ2v) is 7.83. The summed E-state index contributed by atoms with van der Waals surface area (Å²) in [6.07, 6.45) is 0.264. The van der Waals surface area contributed by atoms with Gasteiger partial charge in [0.15, 0.2) is 23.3 Å². The maximum Gasteiger partial charge on any atom is 0.314 e. The van der Waals surface area contributed by atoms with E-state index in [9.17, 15) is 27.2 Å². The van der Waals surface area contributed by atoms with Gasteiger partial charge in [0, 0.05) is 11.1 Å². The van der Waals surface area contributed by atoms with Gasteiger partial charge in [0.2, 0.25) is 0 Å². The monoisotopic (exact) mass is 450 g/mol. The normalized spacial score (nSPS) is 12.4. The zero-order valence-electron chi connectivity index (χ0n) is 16.0. The van der Waals surface area contributed by atoms with Crippen molar-refractivity contribution in [1.82, 2.24) is 9.97 Å². The summed E-state index contributed by atoms with van der Waals surface area (Å²) in [7, 11) is 0. The van der Waals surface area contributed by atoms with E-state index < -0.39 is 57.5 Å². The molecule has 1 atom stereocenters. The van der Waals surface area contributed by atoms with Gasteiger partial charge in [0.25, 0.3) is 5.56 Å². The molecule has 0 aliphatic carbocycles. The Balaban J connectivity index is 1.59. The zero-order chi connectivity index (χ0) is 22.3. The summed E-state index contributed by atoms with van der Waals surface area (Å²) >= 11 is 0.545. The standard InChI is InChI=1S/C21H14F4N2O3S/c1-2-10(11-7-9-5-3-4-6-12(9)26-20(11)28)21(29)30-8-13-27-18-16(24)14(22)15(23)17(25)19(18)31-13/h3-7,10H,2,8H2,1H3,(H,26,28). The van der Waals surface area contributed by atoms with E-state index in [0.717, 1.165) is 5.39 Å². The largest absolute Gasteiger partial charge is 0.458 e. The minimum absolute atomic E-state index is 0.0478. The van der Waals surface area contributed by atoms with Gasteiger partial charge >= 0.3 is 5.97 Å². The number of hydrogen-bond donors (Lipinski definition) is 1. The van der Waals surface area contributed by atoms with Crippen LogP contribution in [0.4, 0.5) is 17.6 Å². The molecule has 4 aromatic rings. The summed E-state index contributed by atoms with van der Waals surface area (Å²) < 4.78 is 59.2. The number of carbonyl (C=O) groups is 1. The molecule has 5 nitrogen and oxygen atoms in total. The van der Waals surface area contributed by atoms with Crippen LogP contribution in [0.3, 0.4) is 0 Å². The number of benzene rings is 2. The molecule has 0 aliphatic heterocycles. The van der Waals surface area contributed by atoms with Gasteiger partial charge in [-0.15, -0.1) is 11.3 Å². The molecule has 160 valence electrons. The van der Waals surface area contributed by atoms with Crippen molar-refractivity contribution < 1.29 is 27.1 Å². The number of para-hydroxylation sites is 1. The Morgan fingerprint density at radius 3 is 2.58 bits per heavy atom. The van der Waals surface area contributed by atoms with E-state index in [1.807, 2.05) is 0 Å². The van der Waals surface area contributed by atoms with Crippen molar-refractivity contribution in [2.45, 2.75) is 25.9 Å². The predicted octanol–water partition coefficient (Wildman–Crippen LogP) is 4.93. The third kappa shape index (κ3) is 3.67. The molecular formula is C21H14F4N2O3S. The van der Waals surface area contributed by atoms with E-state index >= 15 is 0 Å². The zero-order valence-corrected chi connectivity index (χ0v) is 16.8. The summed E-state index contributed by atoms with van der Waals surface area (Å²) in [5.74, 6) is -8.68. The Bertz CT molecular complexity index is 1340. The van der Waals surface area contributed by atoms with E-state index in [-0.39, 0.29) is 17.0 Å². The lowest BCUT2D eigenvalue weighted by molar-refractivity contribution is -0.146. The molecule has 1 N–H and O–H groups in total. The Kier molecular flexibility index (Phi) is 5.48. The van der Waals surface area contributed by atoms with Crippen LogP contribution in [0.1, 0.15) is 29.8 Å². The molecule has 0 spiro atoms. The van der Waals surface area contributed by atoms with Gasteiger partial charge in [-0.1, -0.05) is 25.1 Å². The van der Waals surface area contributed by atoms with E-state index in [1.54, 1.807) is 37.3 Å². The van der Waals surface area contributed by atoms with Crippen LogP contribution in [-0.2, 0) is 16.1 Å². The van der Waals surface area contributed by atoms with Crippen molar-refractivity contribution in [1.29, 1.82) is 0 Å². The average Bonchev–Trinajstić information content (AvgIpc) is 3.20. The number of aromatic nitrogens is 2. The van der Waals surface area contributed by atoms with Crippen molar-refractivity contribution in [2.75, 3.05) is 0 Å². The topological polar surface area (TPSA) is 72.0 Å². The summed E-state index contributed by atoms with van der Waals surface area (Å²) in [6, 6.07) is 8.69. The highest BCUT2D eigenvalue weighted by Gasteiger charge is 2.26. The molecule has 0 aliphatic rings. The third-order valence-electron chi connectivity index (χ3n) is 4.85. The summed E-state index contributed by atoms with van der Waals surface area (Å²) in [4.78, 5) is 31.5. The maximum absolute atomic E-state index is 13.9. The Morgan fingerprint density at radius 2 is 1.84 bits per heavy atom. The van der Waals surface area contributed by atoms with Crippen LogP contribution in [-0.4, -0.2) is 15.9 Å². The molecule has 0 radical (unpaired) electrons. The quantitative estimate of drug-likeness (QED) is 0.203. The highest BCUT2D eigenvalue weighted by Crippen LogP contribution is 2.31. The Morgan fingerprint density at radius 1 is 1.13 bits per heavy atom. The predicted molar refractivity (Wildman–Crippen MR) is 107 cm³/mol. The summed E-state index contributed by atoms with van der Waals surface area (Å²) in [5, 5.41) is 0.693. The molecule has 0 amide bonds. The molecule has 4 rings (SSSR count). The van der Waals surface area contributed by atoms with Crippen molar-refractivity contribution in [2.24, 2.45) is 0 Å². The molecule has 1 unspecified atom stereocenters. The molecule has 0 saturated carbocycles. The van der Waals surface area contributed by atoms with Crippen molar-refractivity contribution in [3.8, 4) is 0 Å². The first kappa shape index (κ1) is 21.0. The van der Waals surface area contributed by atoms with Gasteiger partial charge in [-0.05, 0) is 23.9 Å². The second-order valence-electron chi connectivity index (χ2n) is 6.75. The number of esters is 1. The number of thiazole rings is 1. The lowest BCUT2D eigenvalue weighted by atomic mass is 9.96. The van der Waals surface area contributed by atoms with Crippen LogP contribution >= 0.6 is 11.3 Å². The molecular weight excluding hydrogens is 436 g/mol. The number of H-pyrrole nitrogens is 1. The number of nitrogens with one attached hydrogen (secondary N) is 1. The number of rotatable bonds is 5. The minimum Gasteiger partial charge on any atom is -0.458 e. The van der Waals surface area contributed by atoms with E-state index in [0.29, 0.717) is 16.9 Å². The first-order chi connectivity index (χ1) is 14.8. The van der Waals surface area contributed by atoms with Crippen LogP contribution in [0.15, 0.2) is 35.1 Å². The average molecular weight is 450 g/mol. The smallest absolute Gasteiger partial charge is 0.314 e. The number of ether oxygens (including phenoxy) is 1. The fraction of sp³-hybridized carbons (Fsp3) is 0.190. The Labute approximate surface area is 176 Å². The lowest BCUT2D eigenvalue weighted by Crippen LogP contribution is -2.23. The third-order valence-corrected chi connectivity index (χ3v) is 5.87. The van der Waals surface area contributed by atoms with Crippen LogP contribution in [0.2, 0.25) is 0 Å². The number of aromatic amines is 1. The van der Waals surface area contributed by atoms with Crippen molar-refractivity contribution in [3.05, 3.63) is 74.5 Å². The first-order valence-corrected chi connectivity index (χ1v) is 10.0. The van der Waals surface area contributed by atoms with E-state index in [4.69, 9.17) is 4.74 Å². The lowest BCUT2D eigenvalue weighted by Gasteiger charge is -2.14. The van der Waals surface area contributed by atoms with Crippen LogP contribution in [0.5, 0.6) is 0 Å². The minimum atomic E-state index is -1.96.